The third kappa shape index (κ3) is 3.85. The minimum absolute atomic E-state index is 0.184. The quantitative estimate of drug-likeness (QED) is 0.834. The van der Waals surface area contributed by atoms with Gasteiger partial charge in [-0.25, -0.2) is 4.79 Å². The van der Waals surface area contributed by atoms with Crippen LogP contribution in [-0.4, -0.2) is 47.5 Å². The number of nitrogens with zero attached hydrogens (tertiary/aromatic N) is 2. The number of carbonyl (C=O) groups excluding carboxylic acids is 1. The number of rotatable bonds is 5. The lowest BCUT2D eigenvalue weighted by Gasteiger charge is -2.44. The second-order valence-electron chi connectivity index (χ2n) is 6.16. The van der Waals surface area contributed by atoms with Gasteiger partial charge in [-0.1, -0.05) is 20.8 Å². The van der Waals surface area contributed by atoms with Crippen LogP contribution in [-0.2, 0) is 0 Å². The van der Waals surface area contributed by atoms with E-state index in [1.807, 2.05) is 9.80 Å². The molecule has 1 unspecified atom stereocenters. The molecule has 4 nitrogen and oxygen atoms in total. The summed E-state index contributed by atoms with van der Waals surface area (Å²) in [6.07, 6.45) is 4.12. The van der Waals surface area contributed by atoms with Gasteiger partial charge < -0.3 is 15.5 Å². The van der Waals surface area contributed by atoms with Gasteiger partial charge in [0.25, 0.3) is 0 Å². The van der Waals surface area contributed by atoms with Crippen LogP contribution in [0.2, 0.25) is 0 Å². The molecule has 0 aromatic carbocycles. The van der Waals surface area contributed by atoms with Crippen molar-refractivity contribution in [2.75, 3.05) is 26.2 Å². The van der Waals surface area contributed by atoms with Crippen LogP contribution in [0.3, 0.4) is 0 Å². The van der Waals surface area contributed by atoms with Crippen molar-refractivity contribution in [1.29, 1.82) is 0 Å². The molecule has 0 radical (unpaired) electrons. The van der Waals surface area contributed by atoms with E-state index in [9.17, 15) is 4.79 Å². The van der Waals surface area contributed by atoms with Crippen LogP contribution in [0.15, 0.2) is 0 Å². The number of likely N-dealkylation sites (tertiary alicyclic amines) is 1. The first-order valence-electron chi connectivity index (χ1n) is 7.75. The molecule has 1 saturated heterocycles. The molecule has 1 fully saturated rings. The highest BCUT2D eigenvalue weighted by molar-refractivity contribution is 5.75. The van der Waals surface area contributed by atoms with Gasteiger partial charge in [0.15, 0.2) is 0 Å². The summed E-state index contributed by atoms with van der Waals surface area (Å²) in [5.41, 5.74) is 5.71. The summed E-state index contributed by atoms with van der Waals surface area (Å²) in [4.78, 5) is 16.8. The van der Waals surface area contributed by atoms with Crippen LogP contribution in [0.5, 0.6) is 0 Å². The van der Waals surface area contributed by atoms with E-state index in [1.165, 1.54) is 0 Å². The summed E-state index contributed by atoms with van der Waals surface area (Å²) in [5.74, 6) is 0.746. The zero-order valence-corrected chi connectivity index (χ0v) is 13.1. The monoisotopic (exact) mass is 269 g/mol. The standard InChI is InChI=1S/C15H31N3O/c1-5-9-18(15(4,6-2)12-16)14(19)17-10-7-13(3)8-11-17/h13H,5-12,16H2,1-4H3. The van der Waals surface area contributed by atoms with Gasteiger partial charge in [-0.3, -0.25) is 0 Å². The first kappa shape index (κ1) is 16.3. The Balaban J connectivity index is 2.78. The molecule has 2 amide bonds. The first-order valence-corrected chi connectivity index (χ1v) is 7.75. The van der Waals surface area contributed by atoms with Crippen molar-refractivity contribution < 1.29 is 4.79 Å². The lowest BCUT2D eigenvalue weighted by atomic mass is 9.95. The largest absolute Gasteiger partial charge is 0.328 e. The average molecular weight is 269 g/mol. The van der Waals surface area contributed by atoms with Gasteiger partial charge in [-0.2, -0.15) is 0 Å². The number of urea groups is 1. The molecule has 0 saturated carbocycles. The SMILES string of the molecule is CCCN(C(=O)N1CCC(C)CC1)C(C)(CC)CN. The molecular weight excluding hydrogens is 238 g/mol. The molecule has 1 atom stereocenters. The van der Waals surface area contributed by atoms with E-state index in [-0.39, 0.29) is 11.6 Å². The van der Waals surface area contributed by atoms with E-state index in [0.717, 1.165) is 51.2 Å². The summed E-state index contributed by atoms with van der Waals surface area (Å²) < 4.78 is 0. The zero-order chi connectivity index (χ0) is 14.5. The summed E-state index contributed by atoms with van der Waals surface area (Å²) in [6, 6.07) is 0.184. The third-order valence-electron chi connectivity index (χ3n) is 4.59. The molecular formula is C15H31N3O. The molecule has 0 bridgehead atoms. The van der Waals surface area contributed by atoms with Crippen LogP contribution in [0, 0.1) is 5.92 Å². The fourth-order valence-corrected chi connectivity index (χ4v) is 2.64. The minimum atomic E-state index is -0.212. The third-order valence-corrected chi connectivity index (χ3v) is 4.59. The first-order chi connectivity index (χ1) is 8.98. The maximum Gasteiger partial charge on any atom is 0.320 e. The number of hydrogen-bond acceptors (Lipinski definition) is 2. The summed E-state index contributed by atoms with van der Waals surface area (Å²) >= 11 is 0. The van der Waals surface area contributed by atoms with Crippen molar-refractivity contribution in [2.24, 2.45) is 11.7 Å². The Hall–Kier alpha value is -0.770. The minimum Gasteiger partial charge on any atom is -0.328 e. The molecule has 1 aliphatic heterocycles. The van der Waals surface area contributed by atoms with Crippen molar-refractivity contribution >= 4 is 6.03 Å². The van der Waals surface area contributed by atoms with Crippen molar-refractivity contribution in [1.82, 2.24) is 9.80 Å². The predicted molar refractivity (Wildman–Crippen MR) is 80.1 cm³/mol. The lowest BCUT2D eigenvalue weighted by Crippen LogP contribution is -2.58. The fourth-order valence-electron chi connectivity index (χ4n) is 2.64. The molecule has 2 N–H and O–H groups in total. The molecule has 1 rings (SSSR count). The van der Waals surface area contributed by atoms with E-state index in [4.69, 9.17) is 5.73 Å². The van der Waals surface area contributed by atoms with Crippen molar-refractivity contribution in [3.8, 4) is 0 Å². The Kier molecular flexibility index (Phi) is 6.11. The van der Waals surface area contributed by atoms with E-state index >= 15 is 0 Å². The average Bonchev–Trinajstić information content (AvgIpc) is 2.44. The number of amides is 2. The Morgan fingerprint density at radius 2 is 1.95 bits per heavy atom. The number of hydrogen-bond donors (Lipinski definition) is 1. The van der Waals surface area contributed by atoms with E-state index in [0.29, 0.717) is 6.54 Å². The van der Waals surface area contributed by atoms with E-state index in [2.05, 4.69) is 27.7 Å². The van der Waals surface area contributed by atoms with Crippen molar-refractivity contribution in [2.45, 2.75) is 58.9 Å². The molecule has 1 heterocycles. The maximum absolute atomic E-state index is 12.8. The smallest absolute Gasteiger partial charge is 0.320 e. The molecule has 0 spiro atoms. The molecule has 0 aromatic heterocycles. The summed E-state index contributed by atoms with van der Waals surface area (Å²) in [7, 11) is 0. The highest BCUT2D eigenvalue weighted by Gasteiger charge is 2.35. The zero-order valence-electron chi connectivity index (χ0n) is 13.1. The van der Waals surface area contributed by atoms with Gasteiger partial charge in [-0.05, 0) is 38.5 Å². The molecule has 1 aliphatic rings. The summed E-state index contributed by atoms with van der Waals surface area (Å²) in [5, 5.41) is 0. The molecule has 19 heavy (non-hydrogen) atoms. The second kappa shape index (κ2) is 7.13. The van der Waals surface area contributed by atoms with E-state index < -0.39 is 0 Å². The van der Waals surface area contributed by atoms with Crippen LogP contribution in [0.1, 0.15) is 53.4 Å². The number of piperidine rings is 1. The van der Waals surface area contributed by atoms with Gasteiger partial charge >= 0.3 is 6.03 Å². The maximum atomic E-state index is 12.8. The molecule has 0 aliphatic carbocycles. The van der Waals surface area contributed by atoms with Crippen LogP contribution < -0.4 is 5.73 Å². The predicted octanol–water partition coefficient (Wildman–Crippen LogP) is 2.68. The topological polar surface area (TPSA) is 49.6 Å². The van der Waals surface area contributed by atoms with Gasteiger partial charge in [0, 0.05) is 26.2 Å². The van der Waals surface area contributed by atoms with Crippen LogP contribution in [0.25, 0.3) is 0 Å². The Bertz CT molecular complexity index is 281. The normalized spacial score (nSPS) is 20.2. The Morgan fingerprint density at radius 1 is 1.37 bits per heavy atom. The lowest BCUT2D eigenvalue weighted by molar-refractivity contribution is 0.0836. The Labute approximate surface area is 118 Å². The Morgan fingerprint density at radius 3 is 2.37 bits per heavy atom. The van der Waals surface area contributed by atoms with Crippen molar-refractivity contribution in [3.05, 3.63) is 0 Å². The van der Waals surface area contributed by atoms with Crippen LogP contribution in [0.4, 0.5) is 4.79 Å². The van der Waals surface area contributed by atoms with Crippen LogP contribution >= 0.6 is 0 Å². The highest BCUT2D eigenvalue weighted by atomic mass is 16.2. The van der Waals surface area contributed by atoms with Crippen molar-refractivity contribution in [3.63, 3.8) is 0 Å². The van der Waals surface area contributed by atoms with Gasteiger partial charge in [0.1, 0.15) is 0 Å². The fraction of sp³-hybridized carbons (Fsp3) is 0.933. The van der Waals surface area contributed by atoms with Gasteiger partial charge in [-0.15, -0.1) is 0 Å². The van der Waals surface area contributed by atoms with Gasteiger partial charge in [0.2, 0.25) is 0 Å². The number of nitrogens with two attached hydrogens (primary N) is 1. The second-order valence-corrected chi connectivity index (χ2v) is 6.16. The highest BCUT2D eigenvalue weighted by Crippen LogP contribution is 2.23. The van der Waals surface area contributed by atoms with Gasteiger partial charge in [0.05, 0.1) is 5.54 Å². The van der Waals surface area contributed by atoms with E-state index in [1.54, 1.807) is 0 Å². The number of carbonyl (C=O) groups is 1. The molecule has 112 valence electrons. The molecule has 0 aromatic rings. The summed E-state index contributed by atoms with van der Waals surface area (Å²) in [6.45, 7) is 11.7. The molecule has 4 heteroatoms.